The van der Waals surface area contributed by atoms with Crippen molar-refractivity contribution in [3.63, 3.8) is 0 Å². The highest BCUT2D eigenvalue weighted by molar-refractivity contribution is 8.18. The van der Waals surface area contributed by atoms with Crippen LogP contribution in [0.5, 0.6) is 17.2 Å². The van der Waals surface area contributed by atoms with Crippen LogP contribution in [0, 0.1) is 6.92 Å². The Morgan fingerprint density at radius 1 is 1.00 bits per heavy atom. The second-order valence-corrected chi connectivity index (χ2v) is 11.1. The number of thioether (sulfide) groups is 1. The lowest BCUT2D eigenvalue weighted by atomic mass is 10.2. The molecule has 11 heteroatoms. The van der Waals surface area contributed by atoms with Crippen molar-refractivity contribution in [3.8, 4) is 17.2 Å². The van der Waals surface area contributed by atoms with Crippen LogP contribution in [0.25, 0.3) is 6.08 Å². The Bertz CT molecular complexity index is 1470. The summed E-state index contributed by atoms with van der Waals surface area (Å²) in [6.07, 6.45) is 1.50. The fourth-order valence-corrected chi connectivity index (χ4v) is 5.64. The first-order valence-electron chi connectivity index (χ1n) is 11.6. The van der Waals surface area contributed by atoms with Gasteiger partial charge in [-0.05, 0) is 73.6 Å². The number of hydrogen-bond acceptors (Lipinski definition) is 8. The van der Waals surface area contributed by atoms with Gasteiger partial charge in [0.1, 0.15) is 17.3 Å². The van der Waals surface area contributed by atoms with Crippen molar-refractivity contribution in [2.45, 2.75) is 18.7 Å². The molecule has 0 bridgehead atoms. The maximum Gasteiger partial charge on any atom is 0.339 e. The quantitative estimate of drug-likeness (QED) is 0.217. The SMILES string of the molecule is CCOc1cc(/C=C2\SC(=O)N(CCOc3ccc(C)cc3)C2=O)cc(Cl)c1OS(=O)(=O)c1ccccc1. The maximum atomic E-state index is 12.9. The van der Waals surface area contributed by atoms with Crippen LogP contribution in [-0.4, -0.2) is 44.2 Å². The first-order valence-corrected chi connectivity index (χ1v) is 14.2. The van der Waals surface area contributed by atoms with Gasteiger partial charge in [0.2, 0.25) is 5.75 Å². The highest BCUT2D eigenvalue weighted by Crippen LogP contribution is 2.40. The Labute approximate surface area is 230 Å². The summed E-state index contributed by atoms with van der Waals surface area (Å²) in [6.45, 7) is 4.13. The maximum absolute atomic E-state index is 12.9. The van der Waals surface area contributed by atoms with E-state index in [4.69, 9.17) is 25.3 Å². The zero-order valence-corrected chi connectivity index (χ0v) is 22.9. The summed E-state index contributed by atoms with van der Waals surface area (Å²) in [6, 6.07) is 18.0. The minimum atomic E-state index is -4.17. The third-order valence-electron chi connectivity index (χ3n) is 5.33. The van der Waals surface area contributed by atoms with E-state index in [-0.39, 0.29) is 46.1 Å². The molecule has 1 saturated heterocycles. The number of nitrogens with zero attached hydrogens (tertiary/aromatic N) is 1. The Balaban J connectivity index is 1.51. The van der Waals surface area contributed by atoms with Crippen LogP contribution in [0.15, 0.2) is 76.5 Å². The van der Waals surface area contributed by atoms with Crippen molar-refractivity contribution in [2.75, 3.05) is 19.8 Å². The van der Waals surface area contributed by atoms with Gasteiger partial charge in [-0.2, -0.15) is 8.42 Å². The smallest absolute Gasteiger partial charge is 0.339 e. The van der Waals surface area contributed by atoms with Gasteiger partial charge in [0, 0.05) is 0 Å². The molecule has 0 aromatic heterocycles. The number of amides is 2. The van der Waals surface area contributed by atoms with Crippen LogP contribution in [0.2, 0.25) is 5.02 Å². The van der Waals surface area contributed by atoms with Crippen molar-refractivity contribution >= 4 is 50.7 Å². The lowest BCUT2D eigenvalue weighted by molar-refractivity contribution is -0.123. The highest BCUT2D eigenvalue weighted by atomic mass is 35.5. The van der Waals surface area contributed by atoms with E-state index in [9.17, 15) is 18.0 Å². The van der Waals surface area contributed by atoms with E-state index >= 15 is 0 Å². The molecule has 0 saturated carbocycles. The molecule has 198 valence electrons. The van der Waals surface area contributed by atoms with E-state index in [0.29, 0.717) is 11.3 Å². The first-order chi connectivity index (χ1) is 18.2. The summed E-state index contributed by atoms with van der Waals surface area (Å²) < 4.78 is 42.0. The Kier molecular flexibility index (Phi) is 8.65. The number of halogens is 1. The van der Waals surface area contributed by atoms with Crippen LogP contribution in [0.4, 0.5) is 4.79 Å². The van der Waals surface area contributed by atoms with E-state index in [0.717, 1.165) is 22.2 Å². The summed E-state index contributed by atoms with van der Waals surface area (Å²) in [5.41, 5.74) is 1.53. The monoisotopic (exact) mass is 573 g/mol. The number of hydrogen-bond donors (Lipinski definition) is 0. The topological polar surface area (TPSA) is 99.2 Å². The van der Waals surface area contributed by atoms with Gasteiger partial charge in [0.05, 0.1) is 23.1 Å². The molecular formula is C27H24ClNO7S2. The van der Waals surface area contributed by atoms with Gasteiger partial charge in [-0.25, -0.2) is 0 Å². The molecule has 4 rings (SSSR count). The third kappa shape index (κ3) is 6.50. The summed E-state index contributed by atoms with van der Waals surface area (Å²) >= 11 is 7.19. The van der Waals surface area contributed by atoms with Crippen LogP contribution in [0.1, 0.15) is 18.1 Å². The molecule has 0 radical (unpaired) electrons. The van der Waals surface area contributed by atoms with E-state index < -0.39 is 21.3 Å². The summed E-state index contributed by atoms with van der Waals surface area (Å²) in [7, 11) is -4.17. The number of carbonyl (C=O) groups is 2. The molecule has 3 aromatic rings. The molecule has 0 atom stereocenters. The molecule has 0 aliphatic carbocycles. The van der Waals surface area contributed by atoms with Crippen molar-refractivity contribution in [1.29, 1.82) is 0 Å². The summed E-state index contributed by atoms with van der Waals surface area (Å²) in [5.74, 6) is 0.0914. The second kappa shape index (κ2) is 11.9. The number of ether oxygens (including phenoxy) is 2. The zero-order valence-electron chi connectivity index (χ0n) is 20.5. The second-order valence-electron chi connectivity index (χ2n) is 8.11. The Morgan fingerprint density at radius 3 is 2.39 bits per heavy atom. The number of benzene rings is 3. The fraction of sp³-hybridized carbons (Fsp3) is 0.185. The van der Waals surface area contributed by atoms with E-state index in [1.165, 1.54) is 30.3 Å². The summed E-state index contributed by atoms with van der Waals surface area (Å²) in [5, 5.41) is -0.453. The molecule has 0 spiro atoms. The van der Waals surface area contributed by atoms with Gasteiger partial charge in [-0.1, -0.05) is 47.5 Å². The number of carbonyl (C=O) groups excluding carboxylic acids is 2. The normalized spacial score (nSPS) is 14.7. The highest BCUT2D eigenvalue weighted by Gasteiger charge is 2.35. The van der Waals surface area contributed by atoms with Crippen molar-refractivity contribution < 1.29 is 31.7 Å². The van der Waals surface area contributed by atoms with Crippen molar-refractivity contribution in [2.24, 2.45) is 0 Å². The molecule has 2 amide bonds. The molecule has 0 unspecified atom stereocenters. The van der Waals surface area contributed by atoms with Crippen LogP contribution < -0.4 is 13.7 Å². The van der Waals surface area contributed by atoms with Crippen LogP contribution in [-0.2, 0) is 14.9 Å². The Morgan fingerprint density at radius 2 is 1.71 bits per heavy atom. The van der Waals surface area contributed by atoms with E-state index in [1.807, 2.05) is 31.2 Å². The molecule has 0 N–H and O–H groups in total. The Hall–Kier alpha value is -3.47. The molecule has 1 heterocycles. The van der Waals surface area contributed by atoms with Gasteiger partial charge < -0.3 is 13.7 Å². The molecule has 1 aliphatic heterocycles. The molecule has 8 nitrogen and oxygen atoms in total. The first kappa shape index (κ1) is 27.6. The average molecular weight is 574 g/mol. The molecular weight excluding hydrogens is 550 g/mol. The minimum Gasteiger partial charge on any atom is -0.492 e. The van der Waals surface area contributed by atoms with Crippen molar-refractivity contribution in [1.82, 2.24) is 4.90 Å². The lowest BCUT2D eigenvalue weighted by Crippen LogP contribution is -2.32. The largest absolute Gasteiger partial charge is 0.492 e. The lowest BCUT2D eigenvalue weighted by Gasteiger charge is -2.14. The molecule has 3 aromatic carbocycles. The molecule has 1 fully saturated rings. The third-order valence-corrected chi connectivity index (χ3v) is 7.76. The summed E-state index contributed by atoms with van der Waals surface area (Å²) in [4.78, 5) is 26.7. The fourth-order valence-electron chi connectivity index (χ4n) is 3.49. The average Bonchev–Trinajstić information content (AvgIpc) is 3.15. The van der Waals surface area contributed by atoms with Crippen LogP contribution >= 0.6 is 23.4 Å². The van der Waals surface area contributed by atoms with Gasteiger partial charge in [0.15, 0.2) is 5.75 Å². The van der Waals surface area contributed by atoms with E-state index in [1.54, 1.807) is 25.1 Å². The number of rotatable bonds is 10. The molecule has 1 aliphatic rings. The standard InChI is InChI=1S/C27H24ClNO7S2/c1-3-34-23-16-19(15-22(28)25(23)36-38(32,33)21-7-5-4-6-8-21)17-24-26(30)29(27(31)37-24)13-14-35-20-11-9-18(2)10-12-20/h4-12,15-17H,3,13-14H2,1-2H3/b24-17-. The van der Waals surface area contributed by atoms with Gasteiger partial charge in [0.25, 0.3) is 11.1 Å². The zero-order chi connectivity index (χ0) is 27.3. The minimum absolute atomic E-state index is 0.0348. The predicted octanol–water partition coefficient (Wildman–Crippen LogP) is 5.93. The number of aryl methyl sites for hydroxylation is 1. The molecule has 38 heavy (non-hydrogen) atoms. The van der Waals surface area contributed by atoms with Gasteiger partial charge >= 0.3 is 10.1 Å². The van der Waals surface area contributed by atoms with Crippen molar-refractivity contribution in [3.05, 3.63) is 87.8 Å². The predicted molar refractivity (Wildman–Crippen MR) is 146 cm³/mol. The van der Waals surface area contributed by atoms with Gasteiger partial charge in [-0.3, -0.25) is 14.5 Å². The van der Waals surface area contributed by atoms with Gasteiger partial charge in [-0.15, -0.1) is 0 Å². The van der Waals surface area contributed by atoms with Crippen LogP contribution in [0.3, 0.4) is 0 Å². The van der Waals surface area contributed by atoms with E-state index in [2.05, 4.69) is 0 Å². The number of imide groups is 1.